The van der Waals surface area contributed by atoms with Crippen LogP contribution < -0.4 is 16.4 Å². The summed E-state index contributed by atoms with van der Waals surface area (Å²) in [5, 5.41) is 19.2. The smallest absolute Gasteiger partial charge is 0.383 e. The number of nitrogens with two attached hydrogens (primary N) is 1. The van der Waals surface area contributed by atoms with Crippen molar-refractivity contribution in [3.8, 4) is 6.07 Å². The lowest BCUT2D eigenvalue weighted by molar-refractivity contribution is -0.137. The molecule has 0 aliphatic rings. The fraction of sp³-hybridized carbons (Fsp3) is 0.235. The number of ether oxygens (including phenoxy) is 1. The van der Waals surface area contributed by atoms with Crippen molar-refractivity contribution in [1.82, 2.24) is 14.6 Å². The van der Waals surface area contributed by atoms with Gasteiger partial charge in [0.2, 0.25) is 0 Å². The molecule has 0 unspecified atom stereocenters. The molecule has 0 saturated heterocycles. The topological polar surface area (TPSA) is 113 Å². The Balaban J connectivity index is 2.00. The summed E-state index contributed by atoms with van der Waals surface area (Å²) in [6.45, 7) is 0.914. The number of hydrogen-bond acceptors (Lipinski definition) is 7. The van der Waals surface area contributed by atoms with Gasteiger partial charge in [-0.3, -0.25) is 0 Å². The van der Waals surface area contributed by atoms with Gasteiger partial charge in [-0.15, -0.1) is 5.10 Å². The van der Waals surface area contributed by atoms with Gasteiger partial charge in [-0.05, 0) is 18.2 Å². The molecule has 0 aliphatic heterocycles. The van der Waals surface area contributed by atoms with Crippen LogP contribution in [0.4, 0.5) is 36.2 Å². The van der Waals surface area contributed by atoms with E-state index in [1.165, 1.54) is 16.8 Å². The van der Waals surface area contributed by atoms with E-state index in [-0.39, 0.29) is 22.9 Å². The number of fused-ring (bicyclic) bond motifs is 1. The lowest BCUT2D eigenvalue weighted by Gasteiger charge is -2.13. The quantitative estimate of drug-likeness (QED) is 0.554. The van der Waals surface area contributed by atoms with Gasteiger partial charge < -0.3 is 21.1 Å². The molecule has 0 aliphatic carbocycles. The summed E-state index contributed by atoms with van der Waals surface area (Å²) in [5.74, 6) is 0.482. The molecule has 11 heteroatoms. The predicted octanol–water partition coefficient (Wildman–Crippen LogP) is 3.00. The van der Waals surface area contributed by atoms with Crippen molar-refractivity contribution in [3.63, 3.8) is 0 Å². The first kappa shape index (κ1) is 19.2. The van der Waals surface area contributed by atoms with E-state index in [1.807, 2.05) is 0 Å². The van der Waals surface area contributed by atoms with Gasteiger partial charge >= 0.3 is 6.18 Å². The van der Waals surface area contributed by atoms with Crippen LogP contribution in [0.1, 0.15) is 11.1 Å². The lowest BCUT2D eigenvalue weighted by atomic mass is 10.1. The Labute approximate surface area is 157 Å². The molecule has 0 amide bonds. The summed E-state index contributed by atoms with van der Waals surface area (Å²) in [7, 11) is 1.56. The standard InChI is InChI=1S/C17H16F3N7O/c1-28-3-2-23-13-7-15(26-27-14(22)9-24-16(13)27)25-12-5-10(8-21)4-11(6-12)17(18,19)20/h4-7,9,23H,2-3,22H2,1H3,(H,25,26). The highest BCUT2D eigenvalue weighted by atomic mass is 19.4. The summed E-state index contributed by atoms with van der Waals surface area (Å²) < 4.78 is 45.6. The van der Waals surface area contributed by atoms with E-state index in [9.17, 15) is 13.2 Å². The van der Waals surface area contributed by atoms with Gasteiger partial charge in [0.05, 0.1) is 35.7 Å². The molecule has 0 spiro atoms. The second-order valence-electron chi connectivity index (χ2n) is 5.81. The molecule has 0 fully saturated rings. The van der Waals surface area contributed by atoms with Crippen LogP contribution in [0.3, 0.4) is 0 Å². The third kappa shape index (κ3) is 4.07. The molecule has 0 bridgehead atoms. The van der Waals surface area contributed by atoms with E-state index in [1.54, 1.807) is 19.2 Å². The molecule has 4 N–H and O–H groups in total. The highest BCUT2D eigenvalue weighted by Gasteiger charge is 2.31. The van der Waals surface area contributed by atoms with Gasteiger partial charge in [-0.2, -0.15) is 22.9 Å². The molecule has 146 valence electrons. The van der Waals surface area contributed by atoms with Crippen molar-refractivity contribution in [2.45, 2.75) is 6.18 Å². The Morgan fingerprint density at radius 1 is 1.29 bits per heavy atom. The van der Waals surface area contributed by atoms with Crippen molar-refractivity contribution >= 4 is 28.7 Å². The molecule has 3 aromatic rings. The number of benzene rings is 1. The number of nitrogens with zero attached hydrogens (tertiary/aromatic N) is 4. The maximum absolute atomic E-state index is 13.1. The number of nitrogen functional groups attached to an aromatic ring is 1. The summed E-state index contributed by atoms with van der Waals surface area (Å²) in [4.78, 5) is 4.17. The van der Waals surface area contributed by atoms with Crippen molar-refractivity contribution in [2.24, 2.45) is 0 Å². The van der Waals surface area contributed by atoms with Crippen molar-refractivity contribution < 1.29 is 17.9 Å². The molecule has 0 radical (unpaired) electrons. The van der Waals surface area contributed by atoms with Gasteiger partial charge in [-0.25, -0.2) is 4.98 Å². The molecule has 2 aromatic heterocycles. The third-order valence-corrected chi connectivity index (χ3v) is 3.78. The largest absolute Gasteiger partial charge is 0.416 e. The summed E-state index contributed by atoms with van der Waals surface area (Å²) in [5.41, 5.74) is 5.89. The van der Waals surface area contributed by atoms with Crippen LogP contribution in [-0.4, -0.2) is 34.9 Å². The first-order valence-corrected chi connectivity index (χ1v) is 8.08. The van der Waals surface area contributed by atoms with Crippen molar-refractivity contribution in [3.05, 3.63) is 41.6 Å². The summed E-state index contributed by atoms with van der Waals surface area (Å²) >= 11 is 0. The van der Waals surface area contributed by atoms with Gasteiger partial charge in [-0.1, -0.05) is 0 Å². The maximum atomic E-state index is 13.1. The van der Waals surface area contributed by atoms with E-state index >= 15 is 0 Å². The SMILES string of the molecule is COCCNc1cc(Nc2cc(C#N)cc(C(F)(F)F)c2)nn2c(N)cnc12. The molecule has 28 heavy (non-hydrogen) atoms. The van der Waals surface area contributed by atoms with E-state index < -0.39 is 11.7 Å². The number of methoxy groups -OCH3 is 1. The van der Waals surface area contributed by atoms with Crippen molar-refractivity contribution in [2.75, 3.05) is 36.6 Å². The van der Waals surface area contributed by atoms with Gasteiger partial charge in [0.15, 0.2) is 11.5 Å². The molecule has 0 atom stereocenters. The summed E-state index contributed by atoms with van der Waals surface area (Å²) in [6, 6.07) is 6.30. The Bertz CT molecular complexity index is 1040. The van der Waals surface area contributed by atoms with Crippen LogP contribution in [0.25, 0.3) is 5.65 Å². The van der Waals surface area contributed by atoms with Crippen LogP contribution in [0, 0.1) is 11.3 Å². The normalized spacial score (nSPS) is 11.4. The third-order valence-electron chi connectivity index (χ3n) is 3.78. The lowest BCUT2D eigenvalue weighted by Crippen LogP contribution is -2.11. The first-order chi connectivity index (χ1) is 13.3. The van der Waals surface area contributed by atoms with Crippen LogP contribution in [0.5, 0.6) is 0 Å². The van der Waals surface area contributed by atoms with Crippen LogP contribution in [0.2, 0.25) is 0 Å². The highest BCUT2D eigenvalue weighted by molar-refractivity contribution is 5.74. The van der Waals surface area contributed by atoms with E-state index in [0.29, 0.717) is 24.5 Å². The zero-order valence-electron chi connectivity index (χ0n) is 14.7. The first-order valence-electron chi connectivity index (χ1n) is 8.08. The number of anilines is 4. The Kier molecular flexibility index (Phi) is 5.23. The molecule has 0 saturated carbocycles. The average molecular weight is 391 g/mol. The van der Waals surface area contributed by atoms with E-state index in [4.69, 9.17) is 15.7 Å². The van der Waals surface area contributed by atoms with E-state index in [2.05, 4.69) is 20.7 Å². The van der Waals surface area contributed by atoms with Crippen LogP contribution >= 0.6 is 0 Å². The number of rotatable bonds is 6. The average Bonchev–Trinajstić information content (AvgIpc) is 3.02. The van der Waals surface area contributed by atoms with Crippen LogP contribution in [-0.2, 0) is 10.9 Å². The minimum Gasteiger partial charge on any atom is -0.383 e. The zero-order valence-corrected chi connectivity index (χ0v) is 14.7. The molecule has 8 nitrogen and oxygen atoms in total. The Hall–Kier alpha value is -3.52. The highest BCUT2D eigenvalue weighted by Crippen LogP contribution is 2.33. The Morgan fingerprint density at radius 3 is 2.75 bits per heavy atom. The Morgan fingerprint density at radius 2 is 2.07 bits per heavy atom. The second-order valence-corrected chi connectivity index (χ2v) is 5.81. The fourth-order valence-corrected chi connectivity index (χ4v) is 2.54. The number of nitrogens with one attached hydrogen (secondary N) is 2. The number of halogens is 3. The number of nitriles is 1. The van der Waals surface area contributed by atoms with Crippen molar-refractivity contribution in [1.29, 1.82) is 5.26 Å². The minimum absolute atomic E-state index is 0.0692. The van der Waals surface area contributed by atoms with Gasteiger partial charge in [0, 0.05) is 25.4 Å². The number of hydrogen-bond donors (Lipinski definition) is 3. The number of aromatic nitrogens is 3. The second kappa shape index (κ2) is 7.61. The maximum Gasteiger partial charge on any atom is 0.416 e. The summed E-state index contributed by atoms with van der Waals surface area (Å²) in [6.07, 6.45) is -3.16. The number of imidazole rings is 1. The van der Waals surface area contributed by atoms with Gasteiger partial charge in [0.1, 0.15) is 5.82 Å². The molecule has 3 rings (SSSR count). The fourth-order valence-electron chi connectivity index (χ4n) is 2.54. The monoisotopic (exact) mass is 391 g/mol. The zero-order chi connectivity index (χ0) is 20.3. The minimum atomic E-state index is -4.58. The predicted molar refractivity (Wildman–Crippen MR) is 97.2 cm³/mol. The van der Waals surface area contributed by atoms with Crippen LogP contribution in [0.15, 0.2) is 30.5 Å². The molecular weight excluding hydrogens is 375 g/mol. The van der Waals surface area contributed by atoms with E-state index in [0.717, 1.165) is 12.1 Å². The molecule has 2 heterocycles. The molecule has 1 aromatic carbocycles. The molecular formula is C17H16F3N7O. The van der Waals surface area contributed by atoms with Gasteiger partial charge in [0.25, 0.3) is 0 Å². The number of alkyl halides is 3.